The van der Waals surface area contributed by atoms with E-state index in [4.69, 9.17) is 16.0 Å². The molecule has 0 spiro atoms. The molecule has 0 aliphatic rings. The van der Waals surface area contributed by atoms with Gasteiger partial charge in [0.1, 0.15) is 0 Å². The maximum Gasteiger partial charge on any atom is 0.322 e. The summed E-state index contributed by atoms with van der Waals surface area (Å²) in [6.45, 7) is 0. The molecule has 6 heteroatoms. The molecule has 3 aromatic rings. The van der Waals surface area contributed by atoms with Crippen LogP contribution in [0.15, 0.2) is 65.1 Å². The van der Waals surface area contributed by atoms with E-state index in [0.717, 1.165) is 5.56 Å². The van der Waals surface area contributed by atoms with Gasteiger partial charge in [-0.3, -0.25) is 10.1 Å². The number of aromatic nitrogens is 2. The van der Waals surface area contributed by atoms with Crippen LogP contribution in [0, 0.1) is 0 Å². The molecule has 0 aliphatic heterocycles. The van der Waals surface area contributed by atoms with Crippen molar-refractivity contribution in [1.29, 1.82) is 0 Å². The molecule has 3 rings (SSSR count). The van der Waals surface area contributed by atoms with Crippen LogP contribution in [0.2, 0.25) is 5.02 Å². The van der Waals surface area contributed by atoms with E-state index in [9.17, 15) is 4.79 Å². The second-order valence-corrected chi connectivity index (χ2v) is 5.09. The highest BCUT2D eigenvalue weighted by atomic mass is 35.5. The number of hydrogen-bond acceptors (Lipinski definition) is 4. The van der Waals surface area contributed by atoms with Crippen LogP contribution in [-0.2, 0) is 4.79 Å². The fourth-order valence-corrected chi connectivity index (χ4v) is 2.09. The van der Waals surface area contributed by atoms with Gasteiger partial charge in [-0.15, -0.1) is 5.10 Å². The van der Waals surface area contributed by atoms with E-state index in [0.29, 0.717) is 10.6 Å². The number of nitrogens with zero attached hydrogens (tertiary/aromatic N) is 2. The Morgan fingerprint density at radius 2 is 1.91 bits per heavy atom. The second kappa shape index (κ2) is 6.89. The second-order valence-electron chi connectivity index (χ2n) is 4.66. The van der Waals surface area contributed by atoms with Crippen LogP contribution >= 0.6 is 11.6 Å². The van der Waals surface area contributed by atoms with Crippen molar-refractivity contribution in [2.75, 3.05) is 5.32 Å². The summed E-state index contributed by atoms with van der Waals surface area (Å²) in [5, 5.41) is 10.8. The Bertz CT molecular complexity index is 844. The Balaban J connectivity index is 1.67. The maximum atomic E-state index is 11.8. The Kier molecular flexibility index (Phi) is 4.49. The molecule has 2 aromatic carbocycles. The number of carbonyl (C=O) groups excluding carboxylic acids is 1. The fraction of sp³-hybridized carbons (Fsp3) is 0. The summed E-state index contributed by atoms with van der Waals surface area (Å²) in [5.74, 6) is -0.0648. The summed E-state index contributed by atoms with van der Waals surface area (Å²) in [5.41, 5.74) is 1.61. The third kappa shape index (κ3) is 4.05. The van der Waals surface area contributed by atoms with Crippen LogP contribution < -0.4 is 5.32 Å². The molecule has 0 saturated carbocycles. The number of halogens is 1. The Hall–Kier alpha value is -2.92. The molecule has 114 valence electrons. The molecule has 5 nitrogen and oxygen atoms in total. The van der Waals surface area contributed by atoms with Crippen LogP contribution in [-0.4, -0.2) is 16.1 Å². The van der Waals surface area contributed by atoms with Gasteiger partial charge in [0, 0.05) is 16.7 Å². The topological polar surface area (TPSA) is 68.0 Å². The van der Waals surface area contributed by atoms with Gasteiger partial charge in [0.2, 0.25) is 5.89 Å². The highest BCUT2D eigenvalue weighted by molar-refractivity contribution is 6.30. The highest BCUT2D eigenvalue weighted by Gasteiger charge is 2.10. The van der Waals surface area contributed by atoms with Gasteiger partial charge >= 0.3 is 6.01 Å². The molecule has 23 heavy (non-hydrogen) atoms. The number of benzene rings is 2. The van der Waals surface area contributed by atoms with E-state index in [2.05, 4.69) is 15.5 Å². The molecule has 0 saturated heterocycles. The van der Waals surface area contributed by atoms with Crippen molar-refractivity contribution in [1.82, 2.24) is 10.2 Å². The lowest BCUT2D eigenvalue weighted by molar-refractivity contribution is -0.112. The average Bonchev–Trinajstić information content (AvgIpc) is 3.02. The van der Waals surface area contributed by atoms with Gasteiger partial charge in [-0.05, 0) is 29.8 Å². The van der Waals surface area contributed by atoms with Crippen molar-refractivity contribution in [2.24, 2.45) is 0 Å². The summed E-state index contributed by atoms with van der Waals surface area (Å²) in [7, 11) is 0. The Morgan fingerprint density at radius 3 is 2.70 bits per heavy atom. The molecule has 1 aromatic heterocycles. The molecule has 1 heterocycles. The first-order valence-electron chi connectivity index (χ1n) is 6.84. The van der Waals surface area contributed by atoms with Crippen molar-refractivity contribution in [2.45, 2.75) is 0 Å². The largest absolute Gasteiger partial charge is 0.403 e. The lowest BCUT2D eigenvalue weighted by Crippen LogP contribution is -2.07. The van der Waals surface area contributed by atoms with Gasteiger partial charge < -0.3 is 4.42 Å². The highest BCUT2D eigenvalue weighted by Crippen LogP contribution is 2.22. The predicted molar refractivity (Wildman–Crippen MR) is 88.8 cm³/mol. The standard InChI is InChI=1S/C17H12ClN3O2/c18-14-8-4-7-13(11-14)16-20-21-17(23-16)19-15(22)10-9-12-5-2-1-3-6-12/h1-11H,(H,19,21,22). The van der Waals surface area contributed by atoms with Gasteiger partial charge in [0.05, 0.1) is 0 Å². The number of anilines is 1. The fourth-order valence-electron chi connectivity index (χ4n) is 1.90. The average molecular weight is 326 g/mol. The summed E-state index contributed by atoms with van der Waals surface area (Å²) in [6.07, 6.45) is 3.10. The maximum absolute atomic E-state index is 11.8. The third-order valence-corrected chi connectivity index (χ3v) is 3.19. The van der Waals surface area contributed by atoms with Crippen molar-refractivity contribution in [3.8, 4) is 11.5 Å². The molecule has 1 amide bonds. The normalized spacial score (nSPS) is 10.8. The van der Waals surface area contributed by atoms with E-state index in [-0.39, 0.29) is 17.8 Å². The number of rotatable bonds is 4. The zero-order chi connectivity index (χ0) is 16.1. The molecule has 0 radical (unpaired) electrons. The lowest BCUT2D eigenvalue weighted by Gasteiger charge is -1.96. The van der Waals surface area contributed by atoms with E-state index < -0.39 is 0 Å². The Labute approximate surface area is 137 Å². The molecule has 0 aliphatic carbocycles. The smallest absolute Gasteiger partial charge is 0.322 e. The minimum Gasteiger partial charge on any atom is -0.403 e. The van der Waals surface area contributed by atoms with E-state index >= 15 is 0 Å². The molecular weight excluding hydrogens is 314 g/mol. The van der Waals surface area contributed by atoms with E-state index in [1.165, 1.54) is 6.08 Å². The SMILES string of the molecule is O=C(C=Cc1ccccc1)Nc1nnc(-c2cccc(Cl)c2)o1. The van der Waals surface area contributed by atoms with Gasteiger partial charge in [-0.1, -0.05) is 53.1 Å². The monoisotopic (exact) mass is 325 g/mol. The number of amides is 1. The summed E-state index contributed by atoms with van der Waals surface area (Å²) in [4.78, 5) is 11.8. The van der Waals surface area contributed by atoms with Crippen molar-refractivity contribution >= 4 is 29.6 Å². The van der Waals surface area contributed by atoms with Gasteiger partial charge in [-0.25, -0.2) is 0 Å². The first-order chi connectivity index (χ1) is 11.2. The first kappa shape index (κ1) is 15.0. The molecule has 0 bridgehead atoms. The Morgan fingerprint density at radius 1 is 1.09 bits per heavy atom. The lowest BCUT2D eigenvalue weighted by atomic mass is 10.2. The number of carbonyl (C=O) groups is 1. The zero-order valence-electron chi connectivity index (χ0n) is 11.9. The van der Waals surface area contributed by atoms with Crippen LogP contribution in [0.4, 0.5) is 6.01 Å². The van der Waals surface area contributed by atoms with Gasteiger partial charge in [0.15, 0.2) is 0 Å². The zero-order valence-corrected chi connectivity index (χ0v) is 12.7. The van der Waals surface area contributed by atoms with Crippen LogP contribution in [0.1, 0.15) is 5.56 Å². The molecule has 0 unspecified atom stereocenters. The summed E-state index contributed by atoms with van der Waals surface area (Å²) < 4.78 is 5.40. The van der Waals surface area contributed by atoms with Crippen LogP contribution in [0.5, 0.6) is 0 Å². The number of hydrogen-bond donors (Lipinski definition) is 1. The van der Waals surface area contributed by atoms with Gasteiger partial charge in [-0.2, -0.15) is 0 Å². The van der Waals surface area contributed by atoms with Crippen LogP contribution in [0.3, 0.4) is 0 Å². The van der Waals surface area contributed by atoms with E-state index in [1.54, 1.807) is 30.3 Å². The molecule has 1 N–H and O–H groups in total. The predicted octanol–water partition coefficient (Wildman–Crippen LogP) is 4.04. The minimum atomic E-state index is -0.352. The molecular formula is C17H12ClN3O2. The van der Waals surface area contributed by atoms with Gasteiger partial charge in [0.25, 0.3) is 5.91 Å². The third-order valence-electron chi connectivity index (χ3n) is 2.95. The number of nitrogens with one attached hydrogen (secondary N) is 1. The first-order valence-corrected chi connectivity index (χ1v) is 7.22. The summed E-state index contributed by atoms with van der Waals surface area (Å²) in [6, 6.07) is 16.5. The molecule has 0 atom stereocenters. The van der Waals surface area contributed by atoms with E-state index in [1.807, 2.05) is 30.3 Å². The van der Waals surface area contributed by atoms with Crippen LogP contribution in [0.25, 0.3) is 17.5 Å². The van der Waals surface area contributed by atoms with Crippen molar-refractivity contribution in [3.05, 3.63) is 71.3 Å². The summed E-state index contributed by atoms with van der Waals surface area (Å²) >= 11 is 5.92. The van der Waals surface area contributed by atoms with Crippen molar-refractivity contribution in [3.63, 3.8) is 0 Å². The van der Waals surface area contributed by atoms with Crippen molar-refractivity contribution < 1.29 is 9.21 Å². The quantitative estimate of drug-likeness (QED) is 0.735. The minimum absolute atomic E-state index is 0.0303. The molecule has 0 fully saturated rings.